The lowest BCUT2D eigenvalue weighted by atomic mass is 9.47. The van der Waals surface area contributed by atoms with E-state index in [4.69, 9.17) is 4.74 Å². The molecule has 0 radical (unpaired) electrons. The van der Waals surface area contributed by atoms with E-state index in [2.05, 4.69) is 32.1 Å². The van der Waals surface area contributed by atoms with Gasteiger partial charge in [-0.25, -0.2) is 0 Å². The van der Waals surface area contributed by atoms with Gasteiger partial charge in [0, 0.05) is 11.8 Å². The molecule has 1 heterocycles. The summed E-state index contributed by atoms with van der Waals surface area (Å²) in [5.74, 6) is 2.28. The molecule has 0 amide bonds. The molecule has 1 aliphatic heterocycles. The minimum atomic E-state index is -0.230. The van der Waals surface area contributed by atoms with E-state index >= 15 is 0 Å². The van der Waals surface area contributed by atoms with Gasteiger partial charge in [0.15, 0.2) is 0 Å². The molecule has 1 N–H and O–H groups in total. The predicted molar refractivity (Wildman–Crippen MR) is 90.9 cm³/mol. The predicted octanol–water partition coefficient (Wildman–Crippen LogP) is 4.25. The average Bonchev–Trinajstić information content (AvgIpc) is 2.81. The SMILES string of the molecule is C[C@]12CCC3C(C=CC4=CC(O)CC[C@]43C)C1CC[C@]21CCO1. The van der Waals surface area contributed by atoms with Crippen LogP contribution in [0, 0.1) is 28.6 Å². The van der Waals surface area contributed by atoms with Crippen LogP contribution in [0.1, 0.15) is 58.8 Å². The first-order chi connectivity index (χ1) is 11.0. The molecule has 7 atom stereocenters. The van der Waals surface area contributed by atoms with Gasteiger partial charge in [0.1, 0.15) is 0 Å². The van der Waals surface area contributed by atoms with Crippen molar-refractivity contribution in [1.29, 1.82) is 0 Å². The van der Waals surface area contributed by atoms with Crippen molar-refractivity contribution in [2.45, 2.75) is 70.5 Å². The zero-order valence-electron chi connectivity index (χ0n) is 14.6. The summed E-state index contributed by atoms with van der Waals surface area (Å²) in [5.41, 5.74) is 2.31. The standard InChI is InChI=1S/C21H30O2/c1-19-8-5-15(22)13-14(19)3-4-16-17(19)6-9-20(2)18(16)7-10-21(20)11-12-23-21/h3-4,13,15-18,22H,5-12H2,1-2H3/t15?,16?,17?,18?,19-,20+,21+/m1/s1. The van der Waals surface area contributed by atoms with E-state index in [1.165, 1.54) is 37.7 Å². The molecule has 2 heteroatoms. The van der Waals surface area contributed by atoms with Crippen LogP contribution in [0.5, 0.6) is 0 Å². The van der Waals surface area contributed by atoms with Gasteiger partial charge in [-0.3, -0.25) is 0 Å². The molecule has 1 saturated heterocycles. The monoisotopic (exact) mass is 314 g/mol. The van der Waals surface area contributed by atoms with Gasteiger partial charge in [-0.15, -0.1) is 0 Å². The molecule has 4 aliphatic carbocycles. The quantitative estimate of drug-likeness (QED) is 0.724. The first-order valence-electron chi connectivity index (χ1n) is 9.71. The van der Waals surface area contributed by atoms with Crippen molar-refractivity contribution < 1.29 is 9.84 Å². The molecule has 5 aliphatic rings. The summed E-state index contributed by atoms with van der Waals surface area (Å²) in [6, 6.07) is 0. The molecule has 4 unspecified atom stereocenters. The Kier molecular flexibility index (Phi) is 2.89. The Morgan fingerprint density at radius 3 is 2.57 bits per heavy atom. The first-order valence-corrected chi connectivity index (χ1v) is 9.71. The summed E-state index contributed by atoms with van der Waals surface area (Å²) in [7, 11) is 0. The largest absolute Gasteiger partial charge is 0.389 e. The van der Waals surface area contributed by atoms with E-state index in [9.17, 15) is 5.11 Å². The third kappa shape index (κ3) is 1.67. The third-order valence-electron chi connectivity index (χ3n) is 8.81. The summed E-state index contributed by atoms with van der Waals surface area (Å²) in [5, 5.41) is 10.0. The van der Waals surface area contributed by atoms with Crippen LogP contribution < -0.4 is 0 Å². The smallest absolute Gasteiger partial charge is 0.0760 e. The van der Waals surface area contributed by atoms with Crippen LogP contribution in [0.4, 0.5) is 0 Å². The van der Waals surface area contributed by atoms with E-state index in [1.807, 2.05) is 0 Å². The van der Waals surface area contributed by atoms with E-state index in [0.717, 1.165) is 37.2 Å². The summed E-state index contributed by atoms with van der Waals surface area (Å²) >= 11 is 0. The second kappa shape index (κ2) is 4.52. The van der Waals surface area contributed by atoms with Gasteiger partial charge in [-0.05, 0) is 67.3 Å². The molecule has 2 saturated carbocycles. The molecule has 23 heavy (non-hydrogen) atoms. The van der Waals surface area contributed by atoms with Crippen molar-refractivity contribution in [2.24, 2.45) is 28.6 Å². The van der Waals surface area contributed by atoms with Gasteiger partial charge in [-0.2, -0.15) is 0 Å². The topological polar surface area (TPSA) is 29.5 Å². The molecule has 5 rings (SSSR count). The Balaban J connectivity index is 1.54. The van der Waals surface area contributed by atoms with Crippen molar-refractivity contribution in [2.75, 3.05) is 6.61 Å². The number of rotatable bonds is 0. The van der Waals surface area contributed by atoms with Crippen molar-refractivity contribution in [3.05, 3.63) is 23.8 Å². The first kappa shape index (κ1) is 14.7. The maximum atomic E-state index is 10.0. The van der Waals surface area contributed by atoms with Crippen LogP contribution in [-0.4, -0.2) is 23.4 Å². The third-order valence-corrected chi connectivity index (χ3v) is 8.81. The Bertz CT molecular complexity index is 587. The van der Waals surface area contributed by atoms with Gasteiger partial charge >= 0.3 is 0 Å². The molecule has 0 aromatic carbocycles. The molecule has 1 spiro atoms. The number of ether oxygens (including phenoxy) is 1. The van der Waals surface area contributed by atoms with Gasteiger partial charge in [0.25, 0.3) is 0 Å². The maximum Gasteiger partial charge on any atom is 0.0760 e. The number of hydrogen-bond donors (Lipinski definition) is 1. The molecule has 0 aromatic heterocycles. The summed E-state index contributed by atoms with van der Waals surface area (Å²) in [4.78, 5) is 0. The van der Waals surface area contributed by atoms with Crippen LogP contribution in [0.2, 0.25) is 0 Å². The Hall–Kier alpha value is -0.600. The Morgan fingerprint density at radius 2 is 1.83 bits per heavy atom. The number of fused-ring (bicyclic) bond motifs is 6. The number of aliphatic hydroxyl groups is 1. The fourth-order valence-corrected chi connectivity index (χ4v) is 7.23. The molecule has 0 bridgehead atoms. The van der Waals surface area contributed by atoms with Crippen molar-refractivity contribution >= 4 is 0 Å². The molecular formula is C21H30O2. The average molecular weight is 314 g/mol. The zero-order valence-corrected chi connectivity index (χ0v) is 14.6. The normalized spacial score (nSPS) is 57.3. The molecule has 0 aromatic rings. The summed E-state index contributed by atoms with van der Waals surface area (Å²) in [6.07, 6.45) is 15.4. The highest BCUT2D eigenvalue weighted by Gasteiger charge is 2.66. The highest BCUT2D eigenvalue weighted by molar-refractivity contribution is 5.36. The highest BCUT2D eigenvalue weighted by atomic mass is 16.5. The molecule has 2 nitrogen and oxygen atoms in total. The summed E-state index contributed by atoms with van der Waals surface area (Å²) < 4.78 is 6.21. The minimum absolute atomic E-state index is 0.219. The second-order valence-corrected chi connectivity index (χ2v) is 9.38. The summed E-state index contributed by atoms with van der Waals surface area (Å²) in [6.45, 7) is 5.99. The van der Waals surface area contributed by atoms with E-state index < -0.39 is 0 Å². The van der Waals surface area contributed by atoms with Crippen LogP contribution in [-0.2, 0) is 4.74 Å². The molecular weight excluding hydrogens is 284 g/mol. The van der Waals surface area contributed by atoms with E-state index in [1.54, 1.807) is 0 Å². The minimum Gasteiger partial charge on any atom is -0.389 e. The van der Waals surface area contributed by atoms with Crippen LogP contribution >= 0.6 is 0 Å². The van der Waals surface area contributed by atoms with Gasteiger partial charge in [0.05, 0.1) is 18.3 Å². The van der Waals surface area contributed by atoms with E-state index in [-0.39, 0.29) is 17.1 Å². The van der Waals surface area contributed by atoms with Gasteiger partial charge < -0.3 is 9.84 Å². The lowest BCUT2D eigenvalue weighted by molar-refractivity contribution is -0.223. The highest BCUT2D eigenvalue weighted by Crippen LogP contribution is 2.69. The van der Waals surface area contributed by atoms with E-state index in [0.29, 0.717) is 5.41 Å². The number of hydrogen-bond acceptors (Lipinski definition) is 2. The zero-order chi connectivity index (χ0) is 15.9. The Morgan fingerprint density at radius 1 is 1.04 bits per heavy atom. The van der Waals surface area contributed by atoms with Crippen LogP contribution in [0.3, 0.4) is 0 Å². The van der Waals surface area contributed by atoms with Gasteiger partial charge in [0.2, 0.25) is 0 Å². The lowest BCUT2D eigenvalue weighted by Crippen LogP contribution is -2.58. The van der Waals surface area contributed by atoms with Crippen molar-refractivity contribution in [3.8, 4) is 0 Å². The fraction of sp³-hybridized carbons (Fsp3) is 0.810. The second-order valence-electron chi connectivity index (χ2n) is 9.38. The van der Waals surface area contributed by atoms with Gasteiger partial charge in [-0.1, -0.05) is 32.1 Å². The van der Waals surface area contributed by atoms with Crippen molar-refractivity contribution in [3.63, 3.8) is 0 Å². The fourth-order valence-electron chi connectivity index (χ4n) is 7.23. The number of aliphatic hydroxyl groups excluding tert-OH is 1. The maximum absolute atomic E-state index is 10.0. The number of allylic oxidation sites excluding steroid dienone is 3. The molecule has 126 valence electrons. The van der Waals surface area contributed by atoms with Crippen LogP contribution in [0.15, 0.2) is 23.8 Å². The Labute approximate surface area is 140 Å². The lowest BCUT2D eigenvalue weighted by Gasteiger charge is -2.60. The van der Waals surface area contributed by atoms with Crippen LogP contribution in [0.25, 0.3) is 0 Å². The van der Waals surface area contributed by atoms with Crippen molar-refractivity contribution in [1.82, 2.24) is 0 Å². The molecule has 3 fully saturated rings.